The van der Waals surface area contributed by atoms with Gasteiger partial charge in [0.25, 0.3) is 5.91 Å². The molecule has 4 heteroatoms. The molecule has 0 aromatic heterocycles. The number of anilines is 1. The van der Waals surface area contributed by atoms with Crippen molar-refractivity contribution in [3.63, 3.8) is 0 Å². The molecule has 1 aliphatic carbocycles. The first-order chi connectivity index (χ1) is 7.70. The molecule has 0 aliphatic heterocycles. The second kappa shape index (κ2) is 4.51. The molecule has 0 atom stereocenters. The molecule has 0 spiro atoms. The molecule has 0 radical (unpaired) electrons. The lowest BCUT2D eigenvalue weighted by Crippen LogP contribution is -2.27. The molecule has 1 aromatic rings. The second-order valence-corrected chi connectivity index (χ2v) is 4.05. The van der Waals surface area contributed by atoms with Crippen LogP contribution in [0.25, 0.3) is 0 Å². The summed E-state index contributed by atoms with van der Waals surface area (Å²) >= 11 is 0. The van der Waals surface area contributed by atoms with Gasteiger partial charge in [0, 0.05) is 18.8 Å². The monoisotopic (exact) mass is 222 g/mol. The van der Waals surface area contributed by atoms with Crippen molar-refractivity contribution < 1.29 is 9.18 Å². The number of rotatable bonds is 3. The van der Waals surface area contributed by atoms with Gasteiger partial charge in [-0.1, -0.05) is 0 Å². The Morgan fingerprint density at radius 2 is 2.19 bits per heavy atom. The molecule has 1 aromatic carbocycles. The molecule has 0 unspecified atom stereocenters. The Morgan fingerprint density at radius 3 is 2.69 bits per heavy atom. The number of halogens is 1. The van der Waals surface area contributed by atoms with Gasteiger partial charge in [-0.15, -0.1) is 0 Å². The highest BCUT2D eigenvalue weighted by atomic mass is 19.1. The fourth-order valence-corrected chi connectivity index (χ4v) is 1.71. The molecule has 0 bridgehead atoms. The third-order valence-corrected chi connectivity index (χ3v) is 2.92. The average molecular weight is 222 g/mol. The minimum absolute atomic E-state index is 0.0849. The topological polar surface area (TPSA) is 41.1 Å². The molecule has 0 saturated heterocycles. The molecule has 16 heavy (non-hydrogen) atoms. The number of hydrogen-bond donors (Lipinski definition) is 2. The predicted molar refractivity (Wildman–Crippen MR) is 61.1 cm³/mol. The maximum absolute atomic E-state index is 13.6. The summed E-state index contributed by atoms with van der Waals surface area (Å²) in [6, 6.07) is 5.09. The molecule has 0 heterocycles. The van der Waals surface area contributed by atoms with E-state index in [9.17, 15) is 9.18 Å². The third kappa shape index (κ3) is 2.15. The fraction of sp³-hybridized carbons (Fsp3) is 0.417. The Hall–Kier alpha value is -1.58. The van der Waals surface area contributed by atoms with Crippen molar-refractivity contribution in [1.29, 1.82) is 0 Å². The van der Waals surface area contributed by atoms with Crippen LogP contribution in [-0.4, -0.2) is 19.0 Å². The van der Waals surface area contributed by atoms with Crippen LogP contribution >= 0.6 is 0 Å². The summed E-state index contributed by atoms with van der Waals surface area (Å²) in [6.45, 7) is 0. The first kappa shape index (κ1) is 10.9. The van der Waals surface area contributed by atoms with Gasteiger partial charge in [0.05, 0.1) is 5.56 Å². The van der Waals surface area contributed by atoms with Gasteiger partial charge in [0.15, 0.2) is 0 Å². The summed E-state index contributed by atoms with van der Waals surface area (Å²) in [5.74, 6) is -0.878. The predicted octanol–water partition coefficient (Wildman–Crippen LogP) is 2.15. The number of benzene rings is 1. The van der Waals surface area contributed by atoms with Crippen molar-refractivity contribution in [1.82, 2.24) is 5.32 Å². The Bertz CT molecular complexity index is 402. The van der Waals surface area contributed by atoms with Crippen LogP contribution in [-0.2, 0) is 0 Å². The summed E-state index contributed by atoms with van der Waals surface area (Å²) < 4.78 is 13.6. The lowest BCUT2D eigenvalue weighted by atomic mass is 9.93. The first-order valence-corrected chi connectivity index (χ1v) is 5.49. The van der Waals surface area contributed by atoms with Crippen molar-refractivity contribution in [3.05, 3.63) is 29.6 Å². The average Bonchev–Trinajstić information content (AvgIpc) is 2.23. The van der Waals surface area contributed by atoms with E-state index in [1.54, 1.807) is 6.07 Å². The van der Waals surface area contributed by atoms with Gasteiger partial charge in [-0.05, 0) is 37.5 Å². The number of carbonyl (C=O) groups is 1. The number of amides is 1. The lowest BCUT2D eigenvalue weighted by Gasteiger charge is -2.27. The summed E-state index contributed by atoms with van der Waals surface area (Å²) in [4.78, 5) is 11.3. The van der Waals surface area contributed by atoms with Gasteiger partial charge in [0.1, 0.15) is 5.82 Å². The Balaban J connectivity index is 2.11. The van der Waals surface area contributed by atoms with Crippen LogP contribution in [0.5, 0.6) is 0 Å². The van der Waals surface area contributed by atoms with Gasteiger partial charge in [-0.3, -0.25) is 4.79 Å². The van der Waals surface area contributed by atoms with Crippen molar-refractivity contribution in [3.8, 4) is 0 Å². The van der Waals surface area contributed by atoms with Crippen LogP contribution in [0.2, 0.25) is 0 Å². The maximum Gasteiger partial charge on any atom is 0.253 e. The highest BCUT2D eigenvalue weighted by Gasteiger charge is 2.17. The van der Waals surface area contributed by atoms with Crippen molar-refractivity contribution in [2.45, 2.75) is 25.3 Å². The van der Waals surface area contributed by atoms with E-state index in [0.29, 0.717) is 6.04 Å². The lowest BCUT2D eigenvalue weighted by molar-refractivity contribution is 0.0959. The van der Waals surface area contributed by atoms with E-state index in [1.807, 2.05) is 0 Å². The molecule has 86 valence electrons. The molecular formula is C12H15FN2O. The molecular weight excluding hydrogens is 207 g/mol. The van der Waals surface area contributed by atoms with E-state index >= 15 is 0 Å². The zero-order chi connectivity index (χ0) is 11.5. The quantitative estimate of drug-likeness (QED) is 0.822. The molecule has 3 nitrogen and oxygen atoms in total. The largest absolute Gasteiger partial charge is 0.382 e. The molecule has 2 rings (SSSR count). The molecule has 1 fully saturated rings. The fourth-order valence-electron chi connectivity index (χ4n) is 1.71. The zero-order valence-electron chi connectivity index (χ0n) is 9.22. The van der Waals surface area contributed by atoms with Crippen LogP contribution in [0, 0.1) is 5.82 Å². The van der Waals surface area contributed by atoms with Gasteiger partial charge >= 0.3 is 0 Å². The SMILES string of the molecule is CNC(=O)c1ccc(NC2CCC2)cc1F. The molecule has 1 amide bonds. The van der Waals surface area contributed by atoms with E-state index in [1.165, 1.54) is 25.6 Å². The maximum atomic E-state index is 13.6. The van der Waals surface area contributed by atoms with E-state index in [4.69, 9.17) is 0 Å². The second-order valence-electron chi connectivity index (χ2n) is 4.05. The Morgan fingerprint density at radius 1 is 1.44 bits per heavy atom. The van der Waals surface area contributed by atoms with E-state index in [2.05, 4.69) is 10.6 Å². The Kier molecular flexibility index (Phi) is 3.08. The van der Waals surface area contributed by atoms with Crippen LogP contribution in [0.3, 0.4) is 0 Å². The summed E-state index contributed by atoms with van der Waals surface area (Å²) in [5, 5.41) is 5.64. The third-order valence-electron chi connectivity index (χ3n) is 2.92. The molecule has 2 N–H and O–H groups in total. The van der Waals surface area contributed by atoms with Crippen LogP contribution < -0.4 is 10.6 Å². The van der Waals surface area contributed by atoms with Crippen LogP contribution in [0.15, 0.2) is 18.2 Å². The Labute approximate surface area is 94.0 Å². The smallest absolute Gasteiger partial charge is 0.253 e. The summed E-state index contributed by atoms with van der Waals surface area (Å²) in [6.07, 6.45) is 3.51. The van der Waals surface area contributed by atoms with Gasteiger partial charge < -0.3 is 10.6 Å². The molecule has 1 saturated carbocycles. The van der Waals surface area contributed by atoms with Crippen LogP contribution in [0.1, 0.15) is 29.6 Å². The highest BCUT2D eigenvalue weighted by molar-refractivity contribution is 5.94. The number of hydrogen-bond acceptors (Lipinski definition) is 2. The summed E-state index contributed by atoms with van der Waals surface area (Å²) in [7, 11) is 1.49. The minimum Gasteiger partial charge on any atom is -0.382 e. The van der Waals surface area contributed by atoms with Gasteiger partial charge in [-0.25, -0.2) is 4.39 Å². The number of nitrogens with one attached hydrogen (secondary N) is 2. The highest BCUT2D eigenvalue weighted by Crippen LogP contribution is 2.24. The van der Waals surface area contributed by atoms with E-state index in [0.717, 1.165) is 18.5 Å². The van der Waals surface area contributed by atoms with Crippen molar-refractivity contribution >= 4 is 11.6 Å². The minimum atomic E-state index is -0.483. The number of carbonyl (C=O) groups excluding carboxylic acids is 1. The normalized spacial score (nSPS) is 15.4. The van der Waals surface area contributed by atoms with Gasteiger partial charge in [-0.2, -0.15) is 0 Å². The molecule has 1 aliphatic rings. The van der Waals surface area contributed by atoms with E-state index in [-0.39, 0.29) is 5.56 Å². The van der Waals surface area contributed by atoms with Crippen LogP contribution in [0.4, 0.5) is 10.1 Å². The summed E-state index contributed by atoms with van der Waals surface area (Å²) in [5.41, 5.74) is 0.830. The standard InChI is InChI=1S/C12H15FN2O/c1-14-12(16)10-6-5-9(7-11(10)13)15-8-3-2-4-8/h5-8,15H,2-4H2,1H3,(H,14,16). The van der Waals surface area contributed by atoms with Gasteiger partial charge in [0.2, 0.25) is 0 Å². The van der Waals surface area contributed by atoms with E-state index < -0.39 is 11.7 Å². The zero-order valence-corrected chi connectivity index (χ0v) is 9.22. The van der Waals surface area contributed by atoms with Crippen molar-refractivity contribution in [2.24, 2.45) is 0 Å². The van der Waals surface area contributed by atoms with Crippen molar-refractivity contribution in [2.75, 3.05) is 12.4 Å². The first-order valence-electron chi connectivity index (χ1n) is 5.49.